The zero-order valence-corrected chi connectivity index (χ0v) is 32.1. The molecule has 0 saturated heterocycles. The maximum absolute atomic E-state index is 6.65. The van der Waals surface area contributed by atoms with Gasteiger partial charge in [-0.05, 0) is 79.9 Å². The fourth-order valence-electron chi connectivity index (χ4n) is 8.55. The van der Waals surface area contributed by atoms with E-state index < -0.39 is 0 Å². The highest BCUT2D eigenvalue weighted by Gasteiger charge is 2.21. The topological polar surface area (TPSA) is 39.2 Å². The van der Waals surface area contributed by atoms with Gasteiger partial charge in [0.05, 0.1) is 0 Å². The van der Waals surface area contributed by atoms with Crippen LogP contribution < -0.4 is 0 Å². The molecule has 0 aliphatic carbocycles. The number of nitrogens with zero attached hydrogens (tertiary/aromatic N) is 1. The Morgan fingerprint density at radius 2 is 0.847 bits per heavy atom. The third-order valence-electron chi connectivity index (χ3n) is 11.5. The first-order valence-corrected chi connectivity index (χ1v) is 20.1. The lowest BCUT2D eigenvalue weighted by molar-refractivity contribution is 0.620. The molecule has 0 aliphatic heterocycles. The van der Waals surface area contributed by atoms with Gasteiger partial charge in [0.2, 0.25) is 5.89 Å². The smallest absolute Gasteiger partial charge is 0.227 e. The van der Waals surface area contributed by atoms with E-state index in [9.17, 15) is 0 Å². The van der Waals surface area contributed by atoms with Crippen LogP contribution in [-0.2, 0) is 0 Å². The van der Waals surface area contributed by atoms with Crippen LogP contribution in [0.3, 0.4) is 0 Å². The standard InChI is InChI=1S/C56H37NO2/c1-5-14-37(15-6-1)38-24-28-42(29-25-38)54(45-32-33-46(39-16-7-2-8-17-39)49(34-45)40-18-9-3-10-19-40)43-30-26-41(27-31-43)47-22-13-23-48-50-35-53-51(36-52(50)58-55(47)48)57-56(59-53)44-20-11-4-12-21-44/h1-36,54H. The number of rotatable bonds is 8. The molecule has 0 N–H and O–H groups in total. The summed E-state index contributed by atoms with van der Waals surface area (Å²) >= 11 is 0. The molecule has 2 aromatic heterocycles. The maximum Gasteiger partial charge on any atom is 0.227 e. The summed E-state index contributed by atoms with van der Waals surface area (Å²) in [5.41, 5.74) is 17.2. The third kappa shape index (κ3) is 6.40. The number of hydrogen-bond acceptors (Lipinski definition) is 3. The van der Waals surface area contributed by atoms with Crippen molar-refractivity contribution >= 4 is 33.0 Å². The number of aromatic nitrogens is 1. The monoisotopic (exact) mass is 755 g/mol. The van der Waals surface area contributed by atoms with E-state index >= 15 is 0 Å². The number of fused-ring (bicyclic) bond motifs is 4. The second-order valence-electron chi connectivity index (χ2n) is 15.1. The Morgan fingerprint density at radius 1 is 0.322 bits per heavy atom. The summed E-state index contributed by atoms with van der Waals surface area (Å²) in [6, 6.07) is 77.5. The van der Waals surface area contributed by atoms with E-state index in [1.807, 2.05) is 36.4 Å². The molecular formula is C56H37NO2. The molecule has 2 heterocycles. The highest BCUT2D eigenvalue weighted by atomic mass is 16.4. The molecule has 278 valence electrons. The molecule has 59 heavy (non-hydrogen) atoms. The van der Waals surface area contributed by atoms with E-state index in [4.69, 9.17) is 13.8 Å². The number of oxazole rings is 1. The van der Waals surface area contributed by atoms with Crippen LogP contribution >= 0.6 is 0 Å². The molecule has 1 unspecified atom stereocenters. The van der Waals surface area contributed by atoms with Crippen molar-refractivity contribution in [2.24, 2.45) is 0 Å². The fourth-order valence-corrected chi connectivity index (χ4v) is 8.55. The van der Waals surface area contributed by atoms with Crippen LogP contribution in [0.15, 0.2) is 227 Å². The molecule has 11 aromatic rings. The highest BCUT2D eigenvalue weighted by molar-refractivity contribution is 6.12. The van der Waals surface area contributed by atoms with Crippen LogP contribution in [0.2, 0.25) is 0 Å². The van der Waals surface area contributed by atoms with Crippen LogP contribution in [0.4, 0.5) is 0 Å². The van der Waals surface area contributed by atoms with E-state index in [-0.39, 0.29) is 5.92 Å². The van der Waals surface area contributed by atoms with Gasteiger partial charge < -0.3 is 8.83 Å². The van der Waals surface area contributed by atoms with E-state index in [2.05, 4.69) is 182 Å². The molecule has 11 rings (SSSR count). The van der Waals surface area contributed by atoms with Gasteiger partial charge in [-0.1, -0.05) is 188 Å². The first-order valence-electron chi connectivity index (χ1n) is 20.1. The average Bonchev–Trinajstić information content (AvgIpc) is 3.91. The number of benzene rings is 9. The van der Waals surface area contributed by atoms with Gasteiger partial charge in [-0.15, -0.1) is 0 Å². The number of para-hydroxylation sites is 1. The largest absolute Gasteiger partial charge is 0.455 e. The number of furan rings is 1. The molecule has 0 bridgehead atoms. The summed E-state index contributed by atoms with van der Waals surface area (Å²) < 4.78 is 12.9. The van der Waals surface area contributed by atoms with Gasteiger partial charge in [0.1, 0.15) is 16.7 Å². The minimum Gasteiger partial charge on any atom is -0.455 e. The van der Waals surface area contributed by atoms with Crippen molar-refractivity contribution in [3.05, 3.63) is 235 Å². The van der Waals surface area contributed by atoms with Crippen LogP contribution in [-0.4, -0.2) is 4.98 Å². The molecule has 1 atom stereocenters. The molecule has 0 radical (unpaired) electrons. The Bertz CT molecular complexity index is 3220. The van der Waals surface area contributed by atoms with Crippen molar-refractivity contribution < 1.29 is 8.83 Å². The van der Waals surface area contributed by atoms with Crippen molar-refractivity contribution in [3.63, 3.8) is 0 Å². The molecule has 0 fully saturated rings. The summed E-state index contributed by atoms with van der Waals surface area (Å²) in [6.07, 6.45) is 0. The normalized spacial score (nSPS) is 12.0. The van der Waals surface area contributed by atoms with E-state index in [1.54, 1.807) is 0 Å². The lowest BCUT2D eigenvalue weighted by Crippen LogP contribution is -2.04. The van der Waals surface area contributed by atoms with Crippen LogP contribution in [0.1, 0.15) is 22.6 Å². The Hall–Kier alpha value is -7.75. The van der Waals surface area contributed by atoms with Crippen molar-refractivity contribution in [1.29, 1.82) is 0 Å². The van der Waals surface area contributed by atoms with Crippen molar-refractivity contribution in [1.82, 2.24) is 4.98 Å². The predicted molar refractivity (Wildman–Crippen MR) is 242 cm³/mol. The van der Waals surface area contributed by atoms with Gasteiger partial charge in [-0.2, -0.15) is 0 Å². The van der Waals surface area contributed by atoms with Crippen LogP contribution in [0.5, 0.6) is 0 Å². The van der Waals surface area contributed by atoms with Crippen molar-refractivity contribution in [3.8, 4) is 56.0 Å². The fraction of sp³-hybridized carbons (Fsp3) is 0.0179. The lowest BCUT2D eigenvalue weighted by atomic mass is 9.81. The van der Waals surface area contributed by atoms with Gasteiger partial charge in [0.25, 0.3) is 0 Å². The third-order valence-corrected chi connectivity index (χ3v) is 11.5. The Kier molecular flexibility index (Phi) is 8.56. The molecule has 3 heteroatoms. The summed E-state index contributed by atoms with van der Waals surface area (Å²) in [7, 11) is 0. The molecule has 3 nitrogen and oxygen atoms in total. The molecule has 0 aliphatic rings. The zero-order valence-electron chi connectivity index (χ0n) is 32.1. The summed E-state index contributed by atoms with van der Waals surface area (Å²) in [6.45, 7) is 0. The summed E-state index contributed by atoms with van der Waals surface area (Å²) in [5.74, 6) is 0.596. The van der Waals surface area contributed by atoms with Crippen LogP contribution in [0.25, 0.3) is 89.0 Å². The summed E-state index contributed by atoms with van der Waals surface area (Å²) in [4.78, 5) is 4.80. The van der Waals surface area contributed by atoms with Gasteiger partial charge >= 0.3 is 0 Å². The first kappa shape index (κ1) is 34.5. The lowest BCUT2D eigenvalue weighted by Gasteiger charge is -2.22. The van der Waals surface area contributed by atoms with Gasteiger partial charge in [0, 0.05) is 33.9 Å². The SMILES string of the molecule is c1ccc(-c2ccc(C(c3ccc(-c4cccc5c4oc4cc6nc(-c7ccccc7)oc6cc45)cc3)c3ccc(-c4ccccc4)c(-c4ccccc4)c3)cc2)cc1. The summed E-state index contributed by atoms with van der Waals surface area (Å²) in [5, 5.41) is 2.05. The number of hydrogen-bond donors (Lipinski definition) is 0. The van der Waals surface area contributed by atoms with Crippen molar-refractivity contribution in [2.75, 3.05) is 0 Å². The van der Waals surface area contributed by atoms with Gasteiger partial charge in [-0.25, -0.2) is 4.98 Å². The Labute approximate surface area is 342 Å². The quantitative estimate of drug-likeness (QED) is 0.145. The molecule has 9 aromatic carbocycles. The second kappa shape index (κ2) is 14.6. The molecule has 0 amide bonds. The maximum atomic E-state index is 6.65. The van der Waals surface area contributed by atoms with Crippen LogP contribution in [0, 0.1) is 0 Å². The molecular weight excluding hydrogens is 719 g/mol. The minimum atomic E-state index is -0.00753. The van der Waals surface area contributed by atoms with E-state index in [0.29, 0.717) is 5.89 Å². The molecule has 0 spiro atoms. The van der Waals surface area contributed by atoms with E-state index in [1.165, 1.54) is 50.1 Å². The average molecular weight is 756 g/mol. The van der Waals surface area contributed by atoms with E-state index in [0.717, 1.165) is 49.7 Å². The minimum absolute atomic E-state index is 0.00753. The first-order chi connectivity index (χ1) is 29.2. The second-order valence-corrected chi connectivity index (χ2v) is 15.1. The highest BCUT2D eigenvalue weighted by Crippen LogP contribution is 2.42. The molecule has 0 saturated carbocycles. The Morgan fingerprint density at radius 3 is 1.49 bits per heavy atom. The zero-order chi connectivity index (χ0) is 39.1. The van der Waals surface area contributed by atoms with Gasteiger partial charge in [-0.3, -0.25) is 0 Å². The predicted octanol–water partition coefficient (Wildman–Crippen LogP) is 15.2. The van der Waals surface area contributed by atoms with Gasteiger partial charge in [0.15, 0.2) is 5.58 Å². The van der Waals surface area contributed by atoms with Crippen molar-refractivity contribution in [2.45, 2.75) is 5.92 Å². The Balaban J connectivity index is 1.01.